The molecule has 0 radical (unpaired) electrons. The van der Waals surface area contributed by atoms with Gasteiger partial charge in [-0.05, 0) is 64.2 Å². The monoisotopic (exact) mass is 1180 g/mol. The van der Waals surface area contributed by atoms with Gasteiger partial charge in [-0.1, -0.05) is 384 Å². The molecule has 0 spiro atoms. The fraction of sp³-hybridized carbons (Fsp3) is 0.897. The van der Waals surface area contributed by atoms with Crippen molar-refractivity contribution in [3.8, 4) is 0 Å². The fourth-order valence-corrected chi connectivity index (χ4v) is 12.1. The van der Waals surface area contributed by atoms with Crippen LogP contribution >= 0.6 is 0 Å². The average Bonchev–Trinajstić information content (AvgIpc) is 3.51. The van der Waals surface area contributed by atoms with E-state index < -0.39 is 12.1 Å². The lowest BCUT2D eigenvalue weighted by atomic mass is 10.0. The molecule has 1 amide bonds. The summed E-state index contributed by atoms with van der Waals surface area (Å²) in [6.07, 6.45) is 95.4. The molecule has 0 rings (SSSR count). The van der Waals surface area contributed by atoms with E-state index in [9.17, 15) is 19.8 Å². The second-order valence-electron chi connectivity index (χ2n) is 26.3. The first-order chi connectivity index (χ1) is 41.5. The van der Waals surface area contributed by atoms with Crippen LogP contribution < -0.4 is 5.32 Å². The van der Waals surface area contributed by atoms with Gasteiger partial charge in [0.2, 0.25) is 5.91 Å². The van der Waals surface area contributed by atoms with Gasteiger partial charge in [-0.2, -0.15) is 0 Å². The van der Waals surface area contributed by atoms with Crippen LogP contribution in [0, 0.1) is 0 Å². The highest BCUT2D eigenvalue weighted by molar-refractivity contribution is 5.76. The molecule has 6 nitrogen and oxygen atoms in total. The summed E-state index contributed by atoms with van der Waals surface area (Å²) in [7, 11) is 0. The van der Waals surface area contributed by atoms with Crippen LogP contribution in [0.15, 0.2) is 36.5 Å². The Morgan fingerprint density at radius 3 is 0.917 bits per heavy atom. The molecule has 0 saturated carbocycles. The van der Waals surface area contributed by atoms with Crippen LogP contribution in [0.1, 0.15) is 425 Å². The number of hydrogen-bond donors (Lipinski definition) is 3. The van der Waals surface area contributed by atoms with E-state index in [-0.39, 0.29) is 18.5 Å². The maximum atomic E-state index is 12.5. The molecule has 0 heterocycles. The summed E-state index contributed by atoms with van der Waals surface area (Å²) in [5.74, 6) is -0.0523. The van der Waals surface area contributed by atoms with Crippen LogP contribution in [0.4, 0.5) is 0 Å². The molecule has 0 fully saturated rings. The molecule has 0 aliphatic rings. The summed E-state index contributed by atoms with van der Waals surface area (Å²) in [4.78, 5) is 24.6. The fourth-order valence-electron chi connectivity index (χ4n) is 12.1. The van der Waals surface area contributed by atoms with Gasteiger partial charge in [0.05, 0.1) is 25.4 Å². The number of carbonyl (C=O) groups excluding carboxylic acids is 2. The highest BCUT2D eigenvalue weighted by Crippen LogP contribution is 2.19. The summed E-state index contributed by atoms with van der Waals surface area (Å²) in [6.45, 7) is 4.92. The summed E-state index contributed by atoms with van der Waals surface area (Å²) in [6, 6.07) is -0.626. The second-order valence-corrected chi connectivity index (χ2v) is 26.3. The molecule has 0 aromatic carbocycles. The van der Waals surface area contributed by atoms with Crippen molar-refractivity contribution in [2.75, 3.05) is 13.2 Å². The molecule has 0 aliphatic heterocycles. The van der Waals surface area contributed by atoms with Crippen molar-refractivity contribution in [3.05, 3.63) is 36.5 Å². The zero-order valence-electron chi connectivity index (χ0n) is 56.9. The molecule has 0 aliphatic carbocycles. The number of aliphatic hydroxyl groups excluding tert-OH is 2. The normalized spacial score (nSPS) is 12.7. The minimum atomic E-state index is -0.843. The van der Waals surface area contributed by atoms with Gasteiger partial charge in [0.25, 0.3) is 0 Å². The molecule has 2 atom stereocenters. The SMILES string of the molecule is CCCCCC/C=C\C/C=C\CCCCCCCC(=O)OCCCCCCCCCCCCCCCCCCCCCCCCCCCCCCCCCC(=O)NC(CO)C(O)/C=C/CCCCCCCCCCCCCCCCCCCC. The molecule has 2 unspecified atom stereocenters. The van der Waals surface area contributed by atoms with Crippen molar-refractivity contribution in [1.29, 1.82) is 0 Å². The third-order valence-corrected chi connectivity index (χ3v) is 17.9. The number of rotatable bonds is 72. The Labute approximate surface area is 525 Å². The Morgan fingerprint density at radius 2 is 0.595 bits per heavy atom. The largest absolute Gasteiger partial charge is 0.466 e. The Morgan fingerprint density at radius 1 is 0.333 bits per heavy atom. The van der Waals surface area contributed by atoms with Crippen LogP contribution in [0.5, 0.6) is 0 Å². The van der Waals surface area contributed by atoms with Crippen LogP contribution in [0.3, 0.4) is 0 Å². The first-order valence-electron chi connectivity index (χ1n) is 38.3. The van der Waals surface area contributed by atoms with Gasteiger partial charge >= 0.3 is 5.97 Å². The third-order valence-electron chi connectivity index (χ3n) is 17.9. The van der Waals surface area contributed by atoms with E-state index in [0.29, 0.717) is 19.4 Å². The number of nitrogens with one attached hydrogen (secondary N) is 1. The number of allylic oxidation sites excluding steroid dienone is 5. The lowest BCUT2D eigenvalue weighted by molar-refractivity contribution is -0.143. The van der Waals surface area contributed by atoms with E-state index in [4.69, 9.17) is 4.74 Å². The first-order valence-corrected chi connectivity index (χ1v) is 38.3. The van der Waals surface area contributed by atoms with Gasteiger partial charge in [-0.25, -0.2) is 0 Å². The molecule has 6 heteroatoms. The average molecular weight is 1180 g/mol. The summed E-state index contributed by atoms with van der Waals surface area (Å²) >= 11 is 0. The van der Waals surface area contributed by atoms with Crippen LogP contribution in [0.25, 0.3) is 0 Å². The summed E-state index contributed by atoms with van der Waals surface area (Å²) in [5, 5.41) is 23.3. The van der Waals surface area contributed by atoms with Gasteiger partial charge in [0, 0.05) is 12.8 Å². The number of unbranched alkanes of at least 4 members (excludes halogenated alkanes) is 57. The zero-order valence-corrected chi connectivity index (χ0v) is 56.9. The van der Waals surface area contributed by atoms with Gasteiger partial charge in [-0.3, -0.25) is 9.59 Å². The number of carbonyl (C=O) groups is 2. The number of amides is 1. The van der Waals surface area contributed by atoms with Gasteiger partial charge < -0.3 is 20.3 Å². The van der Waals surface area contributed by atoms with E-state index in [0.717, 1.165) is 51.4 Å². The summed E-state index contributed by atoms with van der Waals surface area (Å²) in [5.41, 5.74) is 0. The number of ether oxygens (including phenoxy) is 1. The van der Waals surface area contributed by atoms with Crippen molar-refractivity contribution in [2.45, 2.75) is 437 Å². The maximum absolute atomic E-state index is 12.5. The lowest BCUT2D eigenvalue weighted by Gasteiger charge is -2.20. The van der Waals surface area contributed by atoms with Crippen molar-refractivity contribution < 1.29 is 24.5 Å². The maximum Gasteiger partial charge on any atom is 0.305 e. The van der Waals surface area contributed by atoms with Crippen molar-refractivity contribution in [2.24, 2.45) is 0 Å². The van der Waals surface area contributed by atoms with Crippen LogP contribution in [-0.2, 0) is 14.3 Å². The van der Waals surface area contributed by atoms with Crippen molar-refractivity contribution in [3.63, 3.8) is 0 Å². The Hall–Kier alpha value is -1.92. The predicted octanol–water partition coefficient (Wildman–Crippen LogP) is 25.0. The topological polar surface area (TPSA) is 95.9 Å². The molecule has 0 aromatic heterocycles. The number of esters is 1. The van der Waals surface area contributed by atoms with Gasteiger partial charge in [0.1, 0.15) is 0 Å². The smallest absolute Gasteiger partial charge is 0.305 e. The number of aliphatic hydroxyl groups is 2. The Kier molecular flexibility index (Phi) is 71.9. The summed E-state index contributed by atoms with van der Waals surface area (Å²) < 4.78 is 5.50. The van der Waals surface area contributed by atoms with Crippen molar-refractivity contribution in [1.82, 2.24) is 5.32 Å². The highest BCUT2D eigenvalue weighted by Gasteiger charge is 2.18. The Bertz CT molecular complexity index is 1360. The predicted molar refractivity (Wildman–Crippen MR) is 370 cm³/mol. The van der Waals surface area contributed by atoms with E-state index in [1.54, 1.807) is 6.08 Å². The number of hydrogen-bond acceptors (Lipinski definition) is 5. The molecular weight excluding hydrogens is 1030 g/mol. The minimum Gasteiger partial charge on any atom is -0.466 e. The minimum absolute atomic E-state index is 0.00749. The van der Waals surface area contributed by atoms with E-state index in [2.05, 4.69) is 43.5 Å². The molecular formula is C78H149NO5. The highest BCUT2D eigenvalue weighted by atomic mass is 16.5. The standard InChI is InChI=1S/C78H149NO5/c1-3-5-7-9-11-13-15-17-19-21-22-36-39-42-46-50-54-58-62-66-70-76(81)75(74-80)79-77(82)71-67-63-59-55-51-47-43-40-37-34-32-30-28-26-24-23-25-27-29-31-33-35-38-41-45-49-53-57-61-65-69-73-84-78(83)72-68-64-60-56-52-48-44-20-18-16-14-12-10-8-6-4-2/h14,16,20,44,66,70,75-76,80-81H,3-13,15,17-19,21-43,45-65,67-69,71-74H2,1-2H3,(H,79,82)/b16-14-,44-20-,70-66+. The zero-order chi connectivity index (χ0) is 60.6. The quantitative estimate of drug-likeness (QED) is 0.0320. The molecule has 0 bridgehead atoms. The van der Waals surface area contributed by atoms with Gasteiger partial charge in [0.15, 0.2) is 0 Å². The van der Waals surface area contributed by atoms with Crippen LogP contribution in [0.2, 0.25) is 0 Å². The second kappa shape index (κ2) is 73.5. The molecule has 496 valence electrons. The molecule has 84 heavy (non-hydrogen) atoms. The van der Waals surface area contributed by atoms with E-state index in [1.807, 2.05) is 6.08 Å². The third kappa shape index (κ3) is 69.2. The molecule has 0 aromatic rings. The lowest BCUT2D eigenvalue weighted by Crippen LogP contribution is -2.45. The van der Waals surface area contributed by atoms with Gasteiger partial charge in [-0.15, -0.1) is 0 Å². The van der Waals surface area contributed by atoms with Crippen molar-refractivity contribution >= 4 is 11.9 Å². The van der Waals surface area contributed by atoms with E-state index >= 15 is 0 Å². The van der Waals surface area contributed by atoms with E-state index in [1.165, 1.54) is 347 Å². The Balaban J connectivity index is 3.35. The molecule has 3 N–H and O–H groups in total. The van der Waals surface area contributed by atoms with Crippen LogP contribution in [-0.4, -0.2) is 47.4 Å². The molecule has 0 saturated heterocycles. The first kappa shape index (κ1) is 82.1.